The van der Waals surface area contributed by atoms with Crippen LogP contribution in [0.3, 0.4) is 0 Å². The van der Waals surface area contributed by atoms with Gasteiger partial charge in [0.25, 0.3) is 5.91 Å². The van der Waals surface area contributed by atoms with Gasteiger partial charge in [-0.2, -0.15) is 0 Å². The lowest BCUT2D eigenvalue weighted by molar-refractivity contribution is -0.123. The summed E-state index contributed by atoms with van der Waals surface area (Å²) >= 11 is 5.75. The van der Waals surface area contributed by atoms with Crippen molar-refractivity contribution in [2.75, 3.05) is 6.54 Å². The number of likely N-dealkylation sites (tertiary alicyclic amines) is 1. The molecule has 0 aromatic carbocycles. The maximum absolute atomic E-state index is 12.4. The molecule has 6 nitrogen and oxygen atoms in total. The van der Waals surface area contributed by atoms with Crippen LogP contribution >= 0.6 is 11.6 Å². The van der Waals surface area contributed by atoms with Gasteiger partial charge in [-0.15, -0.1) is 0 Å². The van der Waals surface area contributed by atoms with E-state index in [1.807, 2.05) is 0 Å². The van der Waals surface area contributed by atoms with Crippen LogP contribution in [-0.4, -0.2) is 39.3 Å². The Hall–Kier alpha value is -1.69. The zero-order valence-corrected chi connectivity index (χ0v) is 11.4. The van der Waals surface area contributed by atoms with Crippen molar-refractivity contribution in [2.24, 2.45) is 5.73 Å². The van der Waals surface area contributed by atoms with Crippen molar-refractivity contribution in [2.45, 2.75) is 32.2 Å². The average molecular weight is 283 g/mol. The predicted molar refractivity (Wildman–Crippen MR) is 69.6 cm³/mol. The molecule has 2 heterocycles. The molecule has 19 heavy (non-hydrogen) atoms. The monoisotopic (exact) mass is 282 g/mol. The second-order valence-electron chi connectivity index (χ2n) is 4.58. The van der Waals surface area contributed by atoms with E-state index in [0.29, 0.717) is 18.7 Å². The van der Waals surface area contributed by atoms with E-state index in [1.54, 1.807) is 13.0 Å². The third-order valence-corrected chi connectivity index (χ3v) is 3.31. The van der Waals surface area contributed by atoms with Crippen LogP contribution < -0.4 is 5.73 Å². The van der Waals surface area contributed by atoms with Gasteiger partial charge in [-0.25, -0.2) is 9.97 Å². The number of carbonyl (C=O) groups excluding carboxylic acids is 2. The highest BCUT2D eigenvalue weighted by molar-refractivity contribution is 6.28. The second-order valence-corrected chi connectivity index (χ2v) is 4.91. The molecule has 1 atom stereocenters. The zero-order valence-electron chi connectivity index (χ0n) is 10.6. The number of primary amides is 1. The molecule has 0 bridgehead atoms. The average Bonchev–Trinajstić information content (AvgIpc) is 2.36. The second kappa shape index (κ2) is 5.52. The van der Waals surface area contributed by atoms with Gasteiger partial charge < -0.3 is 10.6 Å². The summed E-state index contributed by atoms with van der Waals surface area (Å²) < 4.78 is 0. The van der Waals surface area contributed by atoms with Crippen molar-refractivity contribution >= 4 is 23.4 Å². The summed E-state index contributed by atoms with van der Waals surface area (Å²) in [5.74, 6) is -0.805. The summed E-state index contributed by atoms with van der Waals surface area (Å²) in [6, 6.07) is 0.997. The fourth-order valence-corrected chi connectivity index (χ4v) is 2.48. The van der Waals surface area contributed by atoms with Crippen molar-refractivity contribution in [3.8, 4) is 0 Å². The van der Waals surface area contributed by atoms with E-state index < -0.39 is 11.9 Å². The quantitative estimate of drug-likeness (QED) is 0.817. The molecule has 1 aliphatic rings. The SMILES string of the molecule is Cc1cc(C(=O)N2CCCCC2C(N)=O)nc(Cl)n1. The highest BCUT2D eigenvalue weighted by Gasteiger charge is 2.32. The normalized spacial score (nSPS) is 19.3. The summed E-state index contributed by atoms with van der Waals surface area (Å²) in [6.45, 7) is 2.24. The molecule has 1 aliphatic heterocycles. The van der Waals surface area contributed by atoms with Gasteiger partial charge >= 0.3 is 0 Å². The van der Waals surface area contributed by atoms with Crippen LogP contribution in [0, 0.1) is 6.92 Å². The van der Waals surface area contributed by atoms with E-state index in [4.69, 9.17) is 17.3 Å². The van der Waals surface area contributed by atoms with E-state index in [2.05, 4.69) is 9.97 Å². The Morgan fingerprint density at radius 3 is 2.79 bits per heavy atom. The Kier molecular flexibility index (Phi) is 3.99. The van der Waals surface area contributed by atoms with Gasteiger partial charge in [-0.1, -0.05) is 0 Å². The van der Waals surface area contributed by atoms with Gasteiger partial charge in [0.05, 0.1) is 0 Å². The van der Waals surface area contributed by atoms with Crippen molar-refractivity contribution in [1.29, 1.82) is 0 Å². The number of piperidine rings is 1. The molecule has 1 aromatic heterocycles. The van der Waals surface area contributed by atoms with E-state index >= 15 is 0 Å². The lowest BCUT2D eigenvalue weighted by Crippen LogP contribution is -2.50. The first-order valence-electron chi connectivity index (χ1n) is 6.10. The molecule has 1 fully saturated rings. The molecule has 1 aromatic rings. The number of aryl methyl sites for hydroxylation is 1. The Bertz CT molecular complexity index is 500. The fraction of sp³-hybridized carbons (Fsp3) is 0.500. The summed E-state index contributed by atoms with van der Waals surface area (Å²) in [4.78, 5) is 33.1. The largest absolute Gasteiger partial charge is 0.368 e. The van der Waals surface area contributed by atoms with Crippen LogP contribution in [0.25, 0.3) is 0 Å². The number of rotatable bonds is 2. The molecule has 1 saturated heterocycles. The number of amides is 2. The smallest absolute Gasteiger partial charge is 0.273 e. The summed E-state index contributed by atoms with van der Waals surface area (Å²) in [5, 5.41) is 0.0241. The summed E-state index contributed by atoms with van der Waals surface area (Å²) in [6.07, 6.45) is 2.34. The summed E-state index contributed by atoms with van der Waals surface area (Å²) in [7, 11) is 0. The van der Waals surface area contributed by atoms with Crippen LogP contribution in [0.4, 0.5) is 0 Å². The Balaban J connectivity index is 2.28. The fourth-order valence-electron chi connectivity index (χ4n) is 2.26. The number of nitrogens with two attached hydrogens (primary N) is 1. The van der Waals surface area contributed by atoms with Crippen LogP contribution in [0.2, 0.25) is 5.28 Å². The van der Waals surface area contributed by atoms with Crippen LogP contribution in [0.1, 0.15) is 35.4 Å². The molecule has 0 spiro atoms. The Morgan fingerprint density at radius 2 is 2.16 bits per heavy atom. The highest BCUT2D eigenvalue weighted by Crippen LogP contribution is 2.19. The molecule has 102 valence electrons. The third kappa shape index (κ3) is 3.01. The third-order valence-electron chi connectivity index (χ3n) is 3.14. The number of hydrogen-bond donors (Lipinski definition) is 1. The van der Waals surface area contributed by atoms with Gasteiger partial charge in [0.1, 0.15) is 11.7 Å². The number of halogens is 1. The Morgan fingerprint density at radius 1 is 1.42 bits per heavy atom. The van der Waals surface area contributed by atoms with Crippen molar-refractivity contribution in [1.82, 2.24) is 14.9 Å². The standard InChI is InChI=1S/C12H15ClN4O2/c1-7-6-8(16-12(13)15-7)11(19)17-5-3-2-4-9(17)10(14)18/h6,9H,2-5H2,1H3,(H2,14,18). The van der Waals surface area contributed by atoms with E-state index in [0.717, 1.165) is 12.8 Å². The van der Waals surface area contributed by atoms with Gasteiger partial charge in [0, 0.05) is 12.2 Å². The number of nitrogens with zero attached hydrogens (tertiary/aromatic N) is 3. The van der Waals surface area contributed by atoms with Gasteiger partial charge in [-0.05, 0) is 43.9 Å². The van der Waals surface area contributed by atoms with E-state index in [1.165, 1.54) is 4.90 Å². The minimum atomic E-state index is -0.560. The van der Waals surface area contributed by atoms with E-state index in [-0.39, 0.29) is 16.9 Å². The molecule has 2 rings (SSSR count). The zero-order chi connectivity index (χ0) is 14.0. The maximum atomic E-state index is 12.4. The van der Waals surface area contributed by atoms with Gasteiger partial charge in [-0.3, -0.25) is 9.59 Å². The minimum Gasteiger partial charge on any atom is -0.368 e. The van der Waals surface area contributed by atoms with Crippen LogP contribution in [0.5, 0.6) is 0 Å². The first-order valence-corrected chi connectivity index (χ1v) is 6.48. The summed E-state index contributed by atoms with van der Waals surface area (Å²) in [5.41, 5.74) is 6.15. The van der Waals surface area contributed by atoms with Crippen molar-refractivity contribution in [3.63, 3.8) is 0 Å². The molecule has 0 saturated carbocycles. The predicted octanol–water partition coefficient (Wildman–Crippen LogP) is 0.918. The lowest BCUT2D eigenvalue weighted by atomic mass is 10.0. The Labute approximate surface area is 116 Å². The van der Waals surface area contributed by atoms with Crippen LogP contribution in [-0.2, 0) is 4.79 Å². The molecule has 0 radical (unpaired) electrons. The minimum absolute atomic E-state index is 0.0241. The van der Waals surface area contributed by atoms with Gasteiger partial charge in [0.2, 0.25) is 11.2 Å². The molecular weight excluding hydrogens is 268 g/mol. The van der Waals surface area contributed by atoms with E-state index in [9.17, 15) is 9.59 Å². The molecule has 2 amide bonds. The van der Waals surface area contributed by atoms with Crippen LogP contribution in [0.15, 0.2) is 6.07 Å². The molecule has 2 N–H and O–H groups in total. The molecule has 7 heteroatoms. The first-order chi connectivity index (χ1) is 8.99. The van der Waals surface area contributed by atoms with Crippen molar-refractivity contribution in [3.05, 3.63) is 22.7 Å². The first kappa shape index (κ1) is 13.7. The van der Waals surface area contributed by atoms with Gasteiger partial charge in [0.15, 0.2) is 0 Å². The molecule has 1 unspecified atom stereocenters. The van der Waals surface area contributed by atoms with Crippen molar-refractivity contribution < 1.29 is 9.59 Å². The maximum Gasteiger partial charge on any atom is 0.273 e. The molecule has 0 aliphatic carbocycles. The number of hydrogen-bond acceptors (Lipinski definition) is 4. The number of carbonyl (C=O) groups is 2. The highest BCUT2D eigenvalue weighted by atomic mass is 35.5. The lowest BCUT2D eigenvalue weighted by Gasteiger charge is -2.33. The number of aromatic nitrogens is 2. The molecular formula is C12H15ClN4O2. The topological polar surface area (TPSA) is 89.2 Å².